The third kappa shape index (κ3) is 11.0. The molecule has 294 valence electrons. The van der Waals surface area contributed by atoms with Gasteiger partial charge in [-0.15, -0.1) is 6.58 Å². The van der Waals surface area contributed by atoms with Gasteiger partial charge in [0.05, 0.1) is 11.2 Å². The van der Waals surface area contributed by atoms with E-state index in [4.69, 9.17) is 9.98 Å². The molecule has 4 heteroatoms. The number of pyridine rings is 1. The zero-order valence-electron chi connectivity index (χ0n) is 34.9. The molecule has 0 aliphatic rings. The number of allylic oxidation sites excluding steroid dienone is 16. The van der Waals surface area contributed by atoms with Crippen molar-refractivity contribution in [3.63, 3.8) is 0 Å². The van der Waals surface area contributed by atoms with Crippen LogP contribution in [-0.4, -0.2) is 22.3 Å². The Kier molecular flexibility index (Phi) is 15.5. The topological polar surface area (TPSA) is 33.4 Å². The predicted molar refractivity (Wildman–Crippen MR) is 261 cm³/mol. The molecule has 0 radical (unpaired) electrons. The number of anilines is 1. The van der Waals surface area contributed by atoms with E-state index in [0.717, 1.165) is 84.0 Å². The maximum absolute atomic E-state index is 5.30. The third-order valence-corrected chi connectivity index (χ3v) is 9.67. The van der Waals surface area contributed by atoms with Crippen molar-refractivity contribution < 1.29 is 0 Å². The van der Waals surface area contributed by atoms with Gasteiger partial charge in [0.15, 0.2) is 0 Å². The summed E-state index contributed by atoms with van der Waals surface area (Å²) < 4.78 is 2.16. The van der Waals surface area contributed by atoms with Gasteiger partial charge in [0, 0.05) is 41.2 Å². The molecule has 0 N–H and O–H groups in total. The molecule has 0 saturated heterocycles. The summed E-state index contributed by atoms with van der Waals surface area (Å²) in [6, 6.07) is 29.7. The highest BCUT2D eigenvalue weighted by atomic mass is 15.1. The molecule has 0 amide bonds. The molecule has 5 aromatic rings. The first-order valence-corrected chi connectivity index (χ1v) is 19.7. The highest BCUT2D eigenvalue weighted by Crippen LogP contribution is 2.36. The molecule has 2 aromatic heterocycles. The average Bonchev–Trinajstić information content (AvgIpc) is 3.54. The number of para-hydroxylation sites is 1. The minimum Gasteiger partial charge on any atom is -0.343 e. The van der Waals surface area contributed by atoms with Crippen LogP contribution in [0.2, 0.25) is 0 Å². The van der Waals surface area contributed by atoms with E-state index >= 15 is 0 Å². The lowest BCUT2D eigenvalue weighted by molar-refractivity contribution is 1.02. The van der Waals surface area contributed by atoms with Crippen molar-refractivity contribution in [2.75, 3.05) is 11.4 Å². The Labute approximate surface area is 351 Å². The zero-order chi connectivity index (χ0) is 42.1. The number of fused-ring (bicyclic) bond motifs is 1. The van der Waals surface area contributed by atoms with Crippen LogP contribution in [0.1, 0.15) is 43.2 Å². The van der Waals surface area contributed by atoms with Crippen LogP contribution in [0.5, 0.6) is 0 Å². The number of hydrogen-bond donors (Lipinski definition) is 0. The van der Waals surface area contributed by atoms with Crippen LogP contribution in [0, 0.1) is 6.92 Å². The molecule has 2 heterocycles. The Morgan fingerprint density at radius 2 is 1.53 bits per heavy atom. The van der Waals surface area contributed by atoms with E-state index in [9.17, 15) is 0 Å². The van der Waals surface area contributed by atoms with Gasteiger partial charge in [0.2, 0.25) is 0 Å². The third-order valence-electron chi connectivity index (χ3n) is 9.67. The predicted octanol–water partition coefficient (Wildman–Crippen LogP) is 14.9. The van der Waals surface area contributed by atoms with Gasteiger partial charge in [-0.05, 0) is 103 Å². The van der Waals surface area contributed by atoms with E-state index in [2.05, 4.69) is 160 Å². The fraction of sp³-hybridized carbons (Fsp3) is 0.0909. The van der Waals surface area contributed by atoms with E-state index in [1.807, 2.05) is 73.9 Å². The lowest BCUT2D eigenvalue weighted by Gasteiger charge is -2.22. The summed E-state index contributed by atoms with van der Waals surface area (Å²) in [4.78, 5) is 12.7. The van der Waals surface area contributed by atoms with Crippen LogP contribution in [0.4, 0.5) is 11.5 Å². The molecule has 0 fully saturated rings. The van der Waals surface area contributed by atoms with Gasteiger partial charge in [-0.2, -0.15) is 0 Å². The van der Waals surface area contributed by atoms with E-state index in [0.29, 0.717) is 6.54 Å². The van der Waals surface area contributed by atoms with Crippen LogP contribution in [0.15, 0.2) is 219 Å². The van der Waals surface area contributed by atoms with Crippen molar-refractivity contribution in [2.45, 2.75) is 27.7 Å². The van der Waals surface area contributed by atoms with Crippen LogP contribution in [0.25, 0.3) is 45.1 Å². The van der Waals surface area contributed by atoms with Crippen molar-refractivity contribution in [1.82, 2.24) is 9.55 Å². The molecule has 0 bridgehead atoms. The second kappa shape index (κ2) is 21.3. The Morgan fingerprint density at radius 3 is 2.25 bits per heavy atom. The van der Waals surface area contributed by atoms with Crippen molar-refractivity contribution in [3.05, 3.63) is 237 Å². The Hall–Kier alpha value is -7.30. The molecule has 0 saturated carbocycles. The molecule has 0 unspecified atom stereocenters. The summed E-state index contributed by atoms with van der Waals surface area (Å²) in [6.45, 7) is 29.0. The Bertz CT molecular complexity index is 2590. The zero-order valence-corrected chi connectivity index (χ0v) is 34.9. The van der Waals surface area contributed by atoms with Crippen molar-refractivity contribution in [1.29, 1.82) is 0 Å². The maximum Gasteiger partial charge on any atom is 0.142 e. The summed E-state index contributed by atoms with van der Waals surface area (Å²) in [5, 5.41) is 1.10. The summed E-state index contributed by atoms with van der Waals surface area (Å²) in [7, 11) is 0. The summed E-state index contributed by atoms with van der Waals surface area (Å²) >= 11 is 0. The first kappa shape index (κ1) is 42.8. The monoisotopic (exact) mass is 770 g/mol. The van der Waals surface area contributed by atoms with Gasteiger partial charge in [-0.25, -0.2) is 9.98 Å². The molecule has 4 nitrogen and oxygen atoms in total. The number of aryl methyl sites for hydroxylation is 1. The van der Waals surface area contributed by atoms with Crippen molar-refractivity contribution in [3.8, 4) is 16.9 Å². The summed E-state index contributed by atoms with van der Waals surface area (Å²) in [6.07, 6.45) is 31.3. The molecule has 0 atom stereocenters. The molecule has 0 spiro atoms. The maximum atomic E-state index is 5.30. The largest absolute Gasteiger partial charge is 0.343 e. The van der Waals surface area contributed by atoms with Crippen molar-refractivity contribution in [2.24, 2.45) is 4.99 Å². The average molecular weight is 771 g/mol. The van der Waals surface area contributed by atoms with E-state index in [1.165, 1.54) is 0 Å². The number of hydrogen-bond acceptors (Lipinski definition) is 3. The van der Waals surface area contributed by atoms with E-state index in [-0.39, 0.29) is 0 Å². The smallest absolute Gasteiger partial charge is 0.142 e. The normalized spacial score (nSPS) is 12.8. The summed E-state index contributed by atoms with van der Waals surface area (Å²) in [5.41, 5.74) is 12.0. The second-order valence-electron chi connectivity index (χ2n) is 13.9. The molecule has 0 aliphatic carbocycles. The van der Waals surface area contributed by atoms with Gasteiger partial charge in [0.25, 0.3) is 0 Å². The van der Waals surface area contributed by atoms with Gasteiger partial charge in [-0.1, -0.05) is 160 Å². The van der Waals surface area contributed by atoms with Gasteiger partial charge in [0.1, 0.15) is 11.6 Å². The molecular weight excluding hydrogens is 717 g/mol. The highest BCUT2D eigenvalue weighted by Gasteiger charge is 2.18. The van der Waals surface area contributed by atoms with Crippen LogP contribution in [0.3, 0.4) is 0 Å². The van der Waals surface area contributed by atoms with Crippen LogP contribution in [-0.2, 0) is 0 Å². The molecule has 59 heavy (non-hydrogen) atoms. The minimum atomic E-state index is 0.559. The quantitative estimate of drug-likeness (QED) is 0.0505. The van der Waals surface area contributed by atoms with Crippen LogP contribution < -0.4 is 4.90 Å². The lowest BCUT2D eigenvalue weighted by atomic mass is 10.0. The number of aliphatic imine (C=N–C) groups is 1. The van der Waals surface area contributed by atoms with E-state index in [1.54, 1.807) is 18.2 Å². The fourth-order valence-corrected chi connectivity index (χ4v) is 6.64. The first-order valence-electron chi connectivity index (χ1n) is 19.7. The number of benzene rings is 3. The Balaban J connectivity index is 1.73. The van der Waals surface area contributed by atoms with Crippen LogP contribution >= 0.6 is 0 Å². The number of nitrogens with zero attached hydrogens (tertiary/aromatic N) is 4. The SMILES string of the molecule is C=C/C=C\C=C\c1cc(-c2ccccc2)cc(N(/C=C(/C=N\c2c(C)c3ccccc3n2-c2cc(/C(C)=C/C=C\C=C)cc(/C(C)=C/C=C)n2)C(=C)/C=C\C)CC=C)c1. The first-order chi connectivity index (χ1) is 28.7. The molecule has 0 aliphatic heterocycles. The number of aromatic nitrogens is 2. The molecular formula is C55H54N4. The Morgan fingerprint density at radius 1 is 0.780 bits per heavy atom. The van der Waals surface area contributed by atoms with Gasteiger partial charge in [-0.3, -0.25) is 4.57 Å². The fourth-order valence-electron chi connectivity index (χ4n) is 6.64. The standard InChI is InChI=1S/C55H54N4/c1-10-15-17-20-28-45-34-48(46-29-21-18-22-30-46)36-50(35-45)58(33-14-5)40-49(41(6)25-12-3)39-56-55-44(9)51-31-23-24-32-53(51)59(55)54-38-47(42(7)27-19-16-11-2)37-52(57-54)43(8)26-13-4/h10-32,34-40H,1-2,4-6,33H2,3,7-9H3/b17-15-,19-16-,25-12-,28-20+,42-27+,43-26+,49-40-,56-39-. The van der Waals surface area contributed by atoms with Crippen molar-refractivity contribution >= 4 is 45.8 Å². The van der Waals surface area contributed by atoms with Gasteiger partial charge < -0.3 is 4.90 Å². The minimum absolute atomic E-state index is 0.559. The number of rotatable bonds is 18. The van der Waals surface area contributed by atoms with E-state index < -0.39 is 0 Å². The second-order valence-corrected chi connectivity index (χ2v) is 13.9. The highest BCUT2D eigenvalue weighted by molar-refractivity contribution is 5.94. The molecule has 3 aromatic carbocycles. The summed E-state index contributed by atoms with van der Waals surface area (Å²) in [5.74, 6) is 1.54. The van der Waals surface area contributed by atoms with Gasteiger partial charge >= 0.3 is 0 Å². The molecule has 5 rings (SSSR count). The lowest BCUT2D eigenvalue weighted by Crippen LogP contribution is -2.17.